The summed E-state index contributed by atoms with van der Waals surface area (Å²) in [4.78, 5) is 30.4. The van der Waals surface area contributed by atoms with Gasteiger partial charge in [0.15, 0.2) is 10.8 Å². The maximum Gasteiger partial charge on any atom is 0.265 e. The average molecular weight is 470 g/mol. The fourth-order valence-corrected chi connectivity index (χ4v) is 4.91. The Kier molecular flexibility index (Phi) is 5.22. The van der Waals surface area contributed by atoms with E-state index in [0.717, 1.165) is 5.69 Å². The molecule has 0 bridgehead atoms. The maximum absolute atomic E-state index is 13.8. The number of fused-ring (bicyclic) bond motifs is 2. The van der Waals surface area contributed by atoms with E-state index in [1.807, 2.05) is 0 Å². The van der Waals surface area contributed by atoms with E-state index >= 15 is 0 Å². The van der Waals surface area contributed by atoms with Crippen LogP contribution in [0.2, 0.25) is 5.02 Å². The van der Waals surface area contributed by atoms with Crippen molar-refractivity contribution in [3.63, 3.8) is 0 Å². The molecule has 1 N–H and O–H groups in total. The van der Waals surface area contributed by atoms with Crippen molar-refractivity contribution in [1.29, 1.82) is 0 Å². The molecule has 162 valence electrons. The minimum Gasteiger partial charge on any atom is -0.326 e. The number of amides is 1. The van der Waals surface area contributed by atoms with Gasteiger partial charge in [-0.15, -0.1) is 0 Å². The van der Waals surface area contributed by atoms with Crippen LogP contribution in [0.5, 0.6) is 0 Å². The summed E-state index contributed by atoms with van der Waals surface area (Å²) in [7, 11) is 0. The number of aromatic nitrogens is 4. The number of hydrogen-bond donors (Lipinski definition) is 1. The van der Waals surface area contributed by atoms with Crippen molar-refractivity contribution < 1.29 is 9.18 Å². The molecular weight excluding hydrogens is 453 g/mol. The number of carbonyl (C=O) groups excluding carboxylic acids is 1. The standard InChI is InChI=1S/C22H17ClFN5O2S/c1-12-2-5-14(8-18(12)24)26-19(30)9-16-11-32-22-27-20-17(21(31)28(16)22)10-25-29(20)15-6-3-13(23)4-7-15/h2-8,10,16H,9,11H2,1H3,(H,26,30). The third-order valence-corrected chi connectivity index (χ3v) is 6.67. The zero-order chi connectivity index (χ0) is 22.4. The number of aryl methyl sites for hydroxylation is 1. The summed E-state index contributed by atoms with van der Waals surface area (Å²) in [5.41, 5.74) is 1.84. The fraction of sp³-hybridized carbons (Fsp3) is 0.182. The minimum absolute atomic E-state index is 0.0773. The molecule has 1 aliphatic rings. The van der Waals surface area contributed by atoms with Crippen LogP contribution in [0.15, 0.2) is 58.6 Å². The Morgan fingerprint density at radius 3 is 2.81 bits per heavy atom. The highest BCUT2D eigenvalue weighted by Gasteiger charge is 2.29. The number of hydrogen-bond acceptors (Lipinski definition) is 5. The fourth-order valence-electron chi connectivity index (χ4n) is 3.65. The number of rotatable bonds is 4. The molecule has 0 saturated carbocycles. The van der Waals surface area contributed by atoms with E-state index in [1.54, 1.807) is 52.6 Å². The second-order valence-electron chi connectivity index (χ2n) is 7.52. The smallest absolute Gasteiger partial charge is 0.265 e. The first-order valence-electron chi connectivity index (χ1n) is 9.86. The van der Waals surface area contributed by atoms with Gasteiger partial charge in [-0.25, -0.2) is 14.1 Å². The van der Waals surface area contributed by atoms with Gasteiger partial charge in [-0.05, 0) is 48.9 Å². The molecule has 2 aromatic carbocycles. The van der Waals surface area contributed by atoms with Crippen molar-refractivity contribution in [3.05, 3.63) is 75.4 Å². The molecule has 0 aliphatic carbocycles. The van der Waals surface area contributed by atoms with Gasteiger partial charge in [0.1, 0.15) is 11.2 Å². The summed E-state index contributed by atoms with van der Waals surface area (Å²) in [6.45, 7) is 1.66. The highest BCUT2D eigenvalue weighted by molar-refractivity contribution is 7.99. The molecule has 3 heterocycles. The molecule has 32 heavy (non-hydrogen) atoms. The minimum atomic E-state index is -0.384. The molecule has 2 aromatic heterocycles. The number of carbonyl (C=O) groups is 1. The summed E-state index contributed by atoms with van der Waals surface area (Å²) in [6, 6.07) is 11.3. The maximum atomic E-state index is 13.8. The van der Waals surface area contributed by atoms with Crippen molar-refractivity contribution in [2.75, 3.05) is 11.1 Å². The van der Waals surface area contributed by atoms with Gasteiger partial charge in [0.2, 0.25) is 5.91 Å². The second-order valence-corrected chi connectivity index (χ2v) is 8.94. The lowest BCUT2D eigenvalue weighted by Gasteiger charge is -2.14. The molecule has 1 atom stereocenters. The summed E-state index contributed by atoms with van der Waals surface area (Å²) in [6.07, 6.45) is 1.57. The Bertz CT molecular complexity index is 1420. The zero-order valence-electron chi connectivity index (χ0n) is 16.9. The highest BCUT2D eigenvalue weighted by atomic mass is 35.5. The molecule has 4 aromatic rings. The summed E-state index contributed by atoms with van der Waals surface area (Å²) in [5, 5.41) is 8.54. The first-order valence-corrected chi connectivity index (χ1v) is 11.2. The van der Waals surface area contributed by atoms with E-state index in [2.05, 4.69) is 15.4 Å². The molecular formula is C22H17ClFN5O2S. The van der Waals surface area contributed by atoms with Crippen molar-refractivity contribution in [2.45, 2.75) is 24.5 Å². The molecule has 7 nitrogen and oxygen atoms in total. The van der Waals surface area contributed by atoms with Crippen molar-refractivity contribution >= 4 is 46.0 Å². The predicted octanol–water partition coefficient (Wildman–Crippen LogP) is 4.36. The summed E-state index contributed by atoms with van der Waals surface area (Å²) >= 11 is 7.38. The monoisotopic (exact) mass is 469 g/mol. The van der Waals surface area contributed by atoms with Crippen LogP contribution in [0.1, 0.15) is 18.0 Å². The van der Waals surface area contributed by atoms with E-state index in [4.69, 9.17) is 11.6 Å². The quantitative estimate of drug-likeness (QED) is 0.449. The first-order chi connectivity index (χ1) is 15.4. The van der Waals surface area contributed by atoms with Crippen molar-refractivity contribution in [1.82, 2.24) is 19.3 Å². The largest absolute Gasteiger partial charge is 0.326 e. The Labute approximate surface area is 191 Å². The van der Waals surface area contributed by atoms with E-state index in [1.165, 1.54) is 24.0 Å². The summed E-state index contributed by atoms with van der Waals surface area (Å²) in [5.74, 6) is -0.139. The van der Waals surface area contributed by atoms with Gasteiger partial charge in [0.25, 0.3) is 5.56 Å². The molecule has 0 spiro atoms. The van der Waals surface area contributed by atoms with Crippen LogP contribution in [-0.4, -0.2) is 31.0 Å². The third kappa shape index (κ3) is 3.67. The molecule has 1 aliphatic heterocycles. The van der Waals surface area contributed by atoms with Gasteiger partial charge in [-0.1, -0.05) is 29.4 Å². The Balaban J connectivity index is 1.43. The van der Waals surface area contributed by atoms with Gasteiger partial charge >= 0.3 is 0 Å². The van der Waals surface area contributed by atoms with E-state index in [9.17, 15) is 14.0 Å². The Morgan fingerprint density at radius 2 is 2.06 bits per heavy atom. The van der Waals surface area contributed by atoms with Crippen LogP contribution in [0, 0.1) is 12.7 Å². The van der Waals surface area contributed by atoms with Crippen LogP contribution < -0.4 is 10.9 Å². The molecule has 0 fully saturated rings. The zero-order valence-corrected chi connectivity index (χ0v) is 18.5. The number of nitrogens with one attached hydrogen (secondary N) is 1. The van der Waals surface area contributed by atoms with E-state index in [0.29, 0.717) is 38.2 Å². The molecule has 0 radical (unpaired) electrons. The van der Waals surface area contributed by atoms with Gasteiger partial charge in [0, 0.05) is 22.9 Å². The van der Waals surface area contributed by atoms with E-state index in [-0.39, 0.29) is 29.7 Å². The van der Waals surface area contributed by atoms with Crippen LogP contribution in [-0.2, 0) is 4.79 Å². The number of thioether (sulfide) groups is 1. The number of anilines is 1. The lowest BCUT2D eigenvalue weighted by molar-refractivity contribution is -0.116. The topological polar surface area (TPSA) is 81.8 Å². The Hall–Kier alpha value is -3.17. The molecule has 5 rings (SSSR count). The van der Waals surface area contributed by atoms with Crippen LogP contribution in [0.4, 0.5) is 10.1 Å². The molecule has 1 amide bonds. The highest BCUT2D eigenvalue weighted by Crippen LogP contribution is 2.33. The lowest BCUT2D eigenvalue weighted by atomic mass is 10.2. The summed E-state index contributed by atoms with van der Waals surface area (Å²) < 4.78 is 16.9. The third-order valence-electron chi connectivity index (χ3n) is 5.32. The van der Waals surface area contributed by atoms with Gasteiger partial charge < -0.3 is 5.32 Å². The lowest BCUT2D eigenvalue weighted by Crippen LogP contribution is -2.27. The second kappa shape index (κ2) is 8.07. The van der Waals surface area contributed by atoms with Gasteiger partial charge in [-0.2, -0.15) is 5.10 Å². The van der Waals surface area contributed by atoms with Crippen LogP contribution in [0.3, 0.4) is 0 Å². The van der Waals surface area contributed by atoms with E-state index < -0.39 is 0 Å². The molecule has 10 heteroatoms. The number of benzene rings is 2. The Morgan fingerprint density at radius 1 is 1.28 bits per heavy atom. The SMILES string of the molecule is Cc1ccc(NC(=O)CC2CSc3nc4c(cnn4-c4ccc(Cl)cc4)c(=O)n32)cc1F. The van der Waals surface area contributed by atoms with Gasteiger partial charge in [-0.3, -0.25) is 14.2 Å². The van der Waals surface area contributed by atoms with Crippen LogP contribution in [0.25, 0.3) is 16.7 Å². The van der Waals surface area contributed by atoms with Gasteiger partial charge in [0.05, 0.1) is 17.9 Å². The number of halogens is 2. The normalized spacial score (nSPS) is 15.2. The molecule has 0 saturated heterocycles. The predicted molar refractivity (Wildman–Crippen MR) is 122 cm³/mol. The first kappa shape index (κ1) is 20.7. The van der Waals surface area contributed by atoms with Crippen LogP contribution >= 0.6 is 23.4 Å². The number of nitrogens with zero attached hydrogens (tertiary/aromatic N) is 4. The van der Waals surface area contributed by atoms with Crippen molar-refractivity contribution in [2.24, 2.45) is 0 Å². The van der Waals surface area contributed by atoms with Crippen molar-refractivity contribution in [3.8, 4) is 5.69 Å². The average Bonchev–Trinajstić information content (AvgIpc) is 3.36. The molecule has 1 unspecified atom stereocenters.